The molecule has 1 aromatic rings. The highest BCUT2D eigenvalue weighted by atomic mass is 35.5. The Morgan fingerprint density at radius 1 is 1.54 bits per heavy atom. The average molecular weight is 202 g/mol. The Hall–Kier alpha value is -1.49. The van der Waals surface area contributed by atoms with Crippen LogP contribution in [0, 0.1) is 17.0 Å². The summed E-state index contributed by atoms with van der Waals surface area (Å²) in [7, 11) is 0. The van der Waals surface area contributed by atoms with Gasteiger partial charge < -0.3 is 0 Å². The Labute approximate surface area is 79.8 Å². The van der Waals surface area contributed by atoms with Crippen molar-refractivity contribution in [2.24, 2.45) is 0 Å². The lowest BCUT2D eigenvalue weighted by Crippen LogP contribution is -2.27. The van der Waals surface area contributed by atoms with Crippen LogP contribution in [0.5, 0.6) is 0 Å². The number of nitrogens with one attached hydrogen (secondary N) is 2. The van der Waals surface area contributed by atoms with Gasteiger partial charge in [0.25, 0.3) is 0 Å². The number of nitro groups is 1. The maximum Gasteiger partial charge on any atom is 0.178 e. The highest BCUT2D eigenvalue weighted by Crippen LogP contribution is 2.19. The number of hydrogen-bond donors (Lipinski definition) is 2. The molecule has 0 aliphatic rings. The molecule has 0 aromatic heterocycles. The van der Waals surface area contributed by atoms with Gasteiger partial charge in [0.1, 0.15) is 0 Å². The van der Waals surface area contributed by atoms with Crippen molar-refractivity contribution in [1.29, 1.82) is 0 Å². The first kappa shape index (κ1) is 9.60. The number of hydrazine groups is 2. The zero-order valence-electron chi connectivity index (χ0n) is 6.87. The fraction of sp³-hybridized carbons (Fsp3) is 0.143. The van der Waals surface area contributed by atoms with Crippen molar-refractivity contribution in [2.75, 3.05) is 5.43 Å². The number of aryl methyl sites for hydroxylation is 1. The molecular formula is C7H8ClN3O2. The van der Waals surface area contributed by atoms with E-state index in [-0.39, 0.29) is 0 Å². The molecule has 0 fully saturated rings. The summed E-state index contributed by atoms with van der Waals surface area (Å²) in [6, 6.07) is 5.07. The third-order valence-corrected chi connectivity index (χ3v) is 1.87. The Bertz CT molecular complexity index is 330. The topological polar surface area (TPSA) is 67.2 Å². The van der Waals surface area contributed by atoms with Gasteiger partial charge in [-0.2, -0.15) is 0 Å². The second-order valence-corrected chi connectivity index (χ2v) is 2.87. The summed E-state index contributed by atoms with van der Waals surface area (Å²) < 4.78 is 0. The normalized spacial score (nSPS) is 9.38. The van der Waals surface area contributed by atoms with Crippen molar-refractivity contribution in [2.45, 2.75) is 6.92 Å². The third-order valence-electron chi connectivity index (χ3n) is 1.46. The zero-order chi connectivity index (χ0) is 9.84. The van der Waals surface area contributed by atoms with Crippen LogP contribution in [0.3, 0.4) is 0 Å². The van der Waals surface area contributed by atoms with E-state index in [0.29, 0.717) is 10.7 Å². The summed E-state index contributed by atoms with van der Waals surface area (Å²) in [5, 5.41) is 9.80. The van der Waals surface area contributed by atoms with Gasteiger partial charge in [0.15, 0.2) is 5.03 Å². The van der Waals surface area contributed by atoms with E-state index >= 15 is 0 Å². The molecule has 13 heavy (non-hydrogen) atoms. The molecule has 0 amide bonds. The highest BCUT2D eigenvalue weighted by molar-refractivity contribution is 6.31. The summed E-state index contributed by atoms with van der Waals surface area (Å²) in [5.41, 5.74) is 5.67. The van der Waals surface area contributed by atoms with Crippen molar-refractivity contribution >= 4 is 17.3 Å². The first-order chi connectivity index (χ1) is 6.09. The minimum absolute atomic E-state index is 0.548. The largest absolute Gasteiger partial charge is 0.248 e. The molecule has 2 N–H and O–H groups in total. The molecule has 0 heterocycles. The molecular weight excluding hydrogens is 194 g/mol. The van der Waals surface area contributed by atoms with Gasteiger partial charge in [0.2, 0.25) is 0 Å². The molecule has 1 aromatic carbocycles. The predicted molar refractivity (Wildman–Crippen MR) is 49.9 cm³/mol. The lowest BCUT2D eigenvalue weighted by molar-refractivity contribution is -0.538. The maximum absolute atomic E-state index is 9.92. The van der Waals surface area contributed by atoms with Crippen LogP contribution < -0.4 is 11.0 Å². The summed E-state index contributed by atoms with van der Waals surface area (Å²) in [6.07, 6.45) is 0. The maximum atomic E-state index is 9.92. The van der Waals surface area contributed by atoms with Crippen LogP contribution in [0.1, 0.15) is 5.56 Å². The van der Waals surface area contributed by atoms with Gasteiger partial charge in [-0.15, -0.1) is 0 Å². The van der Waals surface area contributed by atoms with E-state index in [2.05, 4.69) is 5.43 Å². The van der Waals surface area contributed by atoms with Crippen LogP contribution in [0.25, 0.3) is 0 Å². The van der Waals surface area contributed by atoms with Crippen molar-refractivity contribution in [3.63, 3.8) is 0 Å². The lowest BCUT2D eigenvalue weighted by Gasteiger charge is -2.03. The van der Waals surface area contributed by atoms with Gasteiger partial charge in [0.05, 0.1) is 5.69 Å². The first-order valence-electron chi connectivity index (χ1n) is 3.52. The first-order valence-corrected chi connectivity index (χ1v) is 3.89. The van der Waals surface area contributed by atoms with Crippen LogP contribution in [-0.4, -0.2) is 5.03 Å². The SMILES string of the molecule is Cc1ccc(NN[N+](=O)[O-])cc1Cl. The lowest BCUT2D eigenvalue weighted by atomic mass is 10.2. The molecule has 0 aliphatic heterocycles. The van der Waals surface area contributed by atoms with Gasteiger partial charge in [-0.05, 0) is 30.2 Å². The Balaban J connectivity index is 2.68. The summed E-state index contributed by atoms with van der Waals surface area (Å²) in [5.74, 6) is 0. The number of anilines is 1. The predicted octanol–water partition coefficient (Wildman–Crippen LogP) is 1.76. The summed E-state index contributed by atoms with van der Waals surface area (Å²) in [6.45, 7) is 1.85. The number of halogens is 1. The van der Waals surface area contributed by atoms with E-state index in [1.165, 1.54) is 0 Å². The number of nitrogens with zero attached hydrogens (tertiary/aromatic N) is 1. The standard InChI is InChI=1S/C7H8ClN3O2/c1-5-2-3-6(4-7(5)8)9-10-11(12)13/h2-4,9-10H,1H3. The zero-order valence-corrected chi connectivity index (χ0v) is 7.63. The molecule has 0 unspecified atom stereocenters. The van der Waals surface area contributed by atoms with Gasteiger partial charge in [0, 0.05) is 5.02 Å². The quantitative estimate of drug-likeness (QED) is 0.578. The van der Waals surface area contributed by atoms with Crippen molar-refractivity contribution in [3.8, 4) is 0 Å². The fourth-order valence-electron chi connectivity index (χ4n) is 0.781. The van der Waals surface area contributed by atoms with Gasteiger partial charge in [-0.25, -0.2) is 15.5 Å². The van der Waals surface area contributed by atoms with Crippen LogP contribution in [0.2, 0.25) is 5.02 Å². The summed E-state index contributed by atoms with van der Waals surface area (Å²) >= 11 is 5.79. The molecule has 0 radical (unpaired) electrons. The molecule has 5 nitrogen and oxygen atoms in total. The Kier molecular flexibility index (Phi) is 2.92. The van der Waals surface area contributed by atoms with Crippen LogP contribution in [0.4, 0.5) is 5.69 Å². The van der Waals surface area contributed by atoms with Crippen LogP contribution >= 0.6 is 11.6 Å². The highest BCUT2D eigenvalue weighted by Gasteiger charge is 1.98. The van der Waals surface area contributed by atoms with Crippen LogP contribution in [0.15, 0.2) is 18.2 Å². The van der Waals surface area contributed by atoms with E-state index in [1.807, 2.05) is 12.5 Å². The molecule has 0 bridgehead atoms. The minimum atomic E-state index is -0.687. The average Bonchev–Trinajstić information content (AvgIpc) is 2.07. The van der Waals surface area contributed by atoms with E-state index in [4.69, 9.17) is 11.6 Å². The Morgan fingerprint density at radius 3 is 2.77 bits per heavy atom. The second kappa shape index (κ2) is 3.95. The van der Waals surface area contributed by atoms with Crippen molar-refractivity contribution in [3.05, 3.63) is 38.9 Å². The molecule has 6 heteroatoms. The fourth-order valence-corrected chi connectivity index (χ4v) is 0.961. The monoisotopic (exact) mass is 201 g/mol. The van der Waals surface area contributed by atoms with E-state index in [9.17, 15) is 10.1 Å². The van der Waals surface area contributed by atoms with Gasteiger partial charge >= 0.3 is 0 Å². The molecule has 0 saturated heterocycles. The number of rotatable bonds is 3. The number of hydrogen-bond acceptors (Lipinski definition) is 3. The molecule has 0 aliphatic carbocycles. The van der Waals surface area contributed by atoms with Gasteiger partial charge in [-0.1, -0.05) is 17.7 Å². The number of benzene rings is 1. The molecule has 0 spiro atoms. The van der Waals surface area contributed by atoms with Crippen molar-refractivity contribution in [1.82, 2.24) is 5.53 Å². The third kappa shape index (κ3) is 2.79. The van der Waals surface area contributed by atoms with E-state index in [0.717, 1.165) is 5.56 Å². The van der Waals surface area contributed by atoms with Crippen molar-refractivity contribution < 1.29 is 5.03 Å². The van der Waals surface area contributed by atoms with E-state index < -0.39 is 5.03 Å². The smallest absolute Gasteiger partial charge is 0.178 e. The summed E-state index contributed by atoms with van der Waals surface area (Å²) in [4.78, 5) is 9.92. The molecule has 0 saturated carbocycles. The van der Waals surface area contributed by atoms with Crippen LogP contribution in [-0.2, 0) is 0 Å². The van der Waals surface area contributed by atoms with Gasteiger partial charge in [-0.3, -0.25) is 0 Å². The molecule has 70 valence electrons. The Morgan fingerprint density at radius 2 is 2.23 bits per heavy atom. The minimum Gasteiger partial charge on any atom is -0.248 e. The molecule has 1 rings (SSSR count). The van der Waals surface area contributed by atoms with E-state index in [1.54, 1.807) is 18.2 Å². The second-order valence-electron chi connectivity index (χ2n) is 2.46. The molecule has 0 atom stereocenters.